The van der Waals surface area contributed by atoms with Crippen molar-refractivity contribution in [2.24, 2.45) is 0 Å². The molecule has 0 aliphatic heterocycles. The summed E-state index contributed by atoms with van der Waals surface area (Å²) in [6, 6.07) is 0. The van der Waals surface area contributed by atoms with Crippen molar-refractivity contribution in [3.63, 3.8) is 0 Å². The first kappa shape index (κ1) is 13.8. The third-order valence-electron chi connectivity index (χ3n) is 2.10. The van der Waals surface area contributed by atoms with Crippen LogP contribution in [-0.4, -0.2) is 31.1 Å². The molecule has 0 aliphatic rings. The number of hydrogen-bond donors (Lipinski definition) is 1. The summed E-state index contributed by atoms with van der Waals surface area (Å²) >= 11 is 0. The molecule has 0 amide bonds. The molecule has 0 heterocycles. The Morgan fingerprint density at radius 2 is 1.86 bits per heavy atom. The Morgan fingerprint density at radius 3 is 2.50 bits per heavy atom. The molecule has 0 aromatic rings. The first-order valence-electron chi connectivity index (χ1n) is 5.64. The topological polar surface area (TPSA) is 29.5 Å². The highest BCUT2D eigenvalue weighted by molar-refractivity contribution is 4.53. The molecule has 0 spiro atoms. The van der Waals surface area contributed by atoms with Gasteiger partial charge in [0, 0.05) is 13.2 Å². The largest absolute Gasteiger partial charge is 0.393 e. The van der Waals surface area contributed by atoms with Gasteiger partial charge in [-0.05, 0) is 19.3 Å². The Kier molecular flexibility index (Phi) is 10.8. The Bertz CT molecular complexity index is 109. The van der Waals surface area contributed by atoms with Crippen LogP contribution in [0.25, 0.3) is 0 Å². The Morgan fingerprint density at radius 1 is 1.14 bits per heavy atom. The number of rotatable bonds is 10. The maximum Gasteiger partial charge on any atom is 0.123 e. The number of halogens is 1. The molecule has 0 radical (unpaired) electrons. The van der Waals surface area contributed by atoms with E-state index in [2.05, 4.69) is 6.92 Å². The van der Waals surface area contributed by atoms with Crippen LogP contribution in [0.5, 0.6) is 0 Å². The fourth-order valence-electron chi connectivity index (χ4n) is 1.26. The van der Waals surface area contributed by atoms with E-state index in [1.54, 1.807) is 0 Å². The Hall–Kier alpha value is -0.150. The van der Waals surface area contributed by atoms with E-state index in [0.717, 1.165) is 45.3 Å². The van der Waals surface area contributed by atoms with Crippen LogP contribution in [0.3, 0.4) is 0 Å². The van der Waals surface area contributed by atoms with E-state index in [9.17, 15) is 4.39 Å². The van der Waals surface area contributed by atoms with Crippen LogP contribution in [0.15, 0.2) is 0 Å². The van der Waals surface area contributed by atoms with Crippen molar-refractivity contribution in [2.75, 3.05) is 19.8 Å². The van der Waals surface area contributed by atoms with Gasteiger partial charge in [0.05, 0.1) is 6.61 Å². The second-order valence-electron chi connectivity index (χ2n) is 3.60. The van der Waals surface area contributed by atoms with Crippen LogP contribution in [0.1, 0.15) is 45.4 Å². The molecule has 0 saturated carbocycles. The molecule has 0 aromatic carbocycles. The molecule has 1 atom stereocenters. The number of alkyl halides is 1. The zero-order valence-electron chi connectivity index (χ0n) is 9.17. The van der Waals surface area contributed by atoms with E-state index in [0.29, 0.717) is 6.42 Å². The van der Waals surface area contributed by atoms with Gasteiger partial charge in [-0.1, -0.05) is 26.2 Å². The van der Waals surface area contributed by atoms with Gasteiger partial charge in [0.2, 0.25) is 0 Å². The van der Waals surface area contributed by atoms with Crippen molar-refractivity contribution >= 4 is 0 Å². The van der Waals surface area contributed by atoms with E-state index in [4.69, 9.17) is 9.84 Å². The standard InChI is InChI=1S/C11H23FO2/c1-2-8-14-9-6-4-3-5-7-11(12)10-13/h11,13H,2-10H2,1H3. The summed E-state index contributed by atoms with van der Waals surface area (Å²) in [7, 11) is 0. The Balaban J connectivity index is 2.92. The minimum Gasteiger partial charge on any atom is -0.393 e. The van der Waals surface area contributed by atoms with E-state index < -0.39 is 6.17 Å². The summed E-state index contributed by atoms with van der Waals surface area (Å²) in [4.78, 5) is 0. The number of ether oxygens (including phenoxy) is 1. The predicted octanol–water partition coefficient (Wildman–Crippen LogP) is 2.69. The molecular formula is C11H23FO2. The third-order valence-corrected chi connectivity index (χ3v) is 2.10. The van der Waals surface area contributed by atoms with E-state index in [1.807, 2.05) is 0 Å². The van der Waals surface area contributed by atoms with E-state index >= 15 is 0 Å². The zero-order chi connectivity index (χ0) is 10.6. The summed E-state index contributed by atoms with van der Waals surface area (Å²) < 4.78 is 17.9. The molecule has 0 rings (SSSR count). The molecular weight excluding hydrogens is 183 g/mol. The van der Waals surface area contributed by atoms with Crippen molar-refractivity contribution in [3.05, 3.63) is 0 Å². The van der Waals surface area contributed by atoms with Crippen LogP contribution >= 0.6 is 0 Å². The van der Waals surface area contributed by atoms with Crippen LogP contribution in [0.2, 0.25) is 0 Å². The van der Waals surface area contributed by atoms with Crippen LogP contribution in [0, 0.1) is 0 Å². The lowest BCUT2D eigenvalue weighted by atomic mass is 10.1. The normalized spacial score (nSPS) is 13.1. The van der Waals surface area contributed by atoms with Crippen LogP contribution in [0.4, 0.5) is 4.39 Å². The van der Waals surface area contributed by atoms with Gasteiger partial charge in [0.1, 0.15) is 6.17 Å². The van der Waals surface area contributed by atoms with Crippen LogP contribution in [-0.2, 0) is 4.74 Å². The first-order valence-corrected chi connectivity index (χ1v) is 5.64. The van der Waals surface area contributed by atoms with Gasteiger partial charge in [0.15, 0.2) is 0 Å². The molecule has 0 aliphatic carbocycles. The second-order valence-corrected chi connectivity index (χ2v) is 3.60. The van der Waals surface area contributed by atoms with Crippen molar-refractivity contribution in [1.29, 1.82) is 0 Å². The van der Waals surface area contributed by atoms with Gasteiger partial charge in [-0.3, -0.25) is 0 Å². The Labute approximate surface area is 86.5 Å². The lowest BCUT2D eigenvalue weighted by Crippen LogP contribution is -2.05. The van der Waals surface area contributed by atoms with Gasteiger partial charge in [0.25, 0.3) is 0 Å². The minimum absolute atomic E-state index is 0.334. The van der Waals surface area contributed by atoms with Crippen molar-refractivity contribution in [3.8, 4) is 0 Å². The maximum absolute atomic E-state index is 12.5. The molecule has 1 N–H and O–H groups in total. The van der Waals surface area contributed by atoms with Gasteiger partial charge < -0.3 is 9.84 Å². The quantitative estimate of drug-likeness (QED) is 0.557. The fraction of sp³-hybridized carbons (Fsp3) is 1.00. The molecule has 0 bridgehead atoms. The number of hydrogen-bond acceptors (Lipinski definition) is 2. The summed E-state index contributed by atoms with van der Waals surface area (Å²) in [6.45, 7) is 3.43. The highest BCUT2D eigenvalue weighted by Gasteiger charge is 2.02. The zero-order valence-corrected chi connectivity index (χ0v) is 9.17. The molecule has 86 valence electrons. The average Bonchev–Trinajstić information content (AvgIpc) is 2.21. The summed E-state index contributed by atoms with van der Waals surface area (Å²) in [5.41, 5.74) is 0. The molecule has 0 saturated heterocycles. The second kappa shape index (κ2) is 10.9. The molecule has 14 heavy (non-hydrogen) atoms. The van der Waals surface area contributed by atoms with Gasteiger partial charge >= 0.3 is 0 Å². The molecule has 0 fully saturated rings. The lowest BCUT2D eigenvalue weighted by molar-refractivity contribution is 0.129. The SMILES string of the molecule is CCCOCCCCCCC(F)CO. The van der Waals surface area contributed by atoms with Gasteiger partial charge in [-0.15, -0.1) is 0 Å². The van der Waals surface area contributed by atoms with E-state index in [-0.39, 0.29) is 6.61 Å². The van der Waals surface area contributed by atoms with Crippen molar-refractivity contribution in [1.82, 2.24) is 0 Å². The number of aliphatic hydroxyl groups excluding tert-OH is 1. The van der Waals surface area contributed by atoms with Crippen molar-refractivity contribution in [2.45, 2.75) is 51.6 Å². The molecule has 2 nitrogen and oxygen atoms in total. The van der Waals surface area contributed by atoms with Crippen LogP contribution < -0.4 is 0 Å². The maximum atomic E-state index is 12.5. The predicted molar refractivity (Wildman–Crippen MR) is 56.2 cm³/mol. The van der Waals surface area contributed by atoms with E-state index in [1.165, 1.54) is 0 Å². The highest BCUT2D eigenvalue weighted by Crippen LogP contribution is 2.07. The lowest BCUT2D eigenvalue weighted by Gasteiger charge is -2.04. The highest BCUT2D eigenvalue weighted by atomic mass is 19.1. The minimum atomic E-state index is -1.02. The molecule has 1 unspecified atom stereocenters. The summed E-state index contributed by atoms with van der Waals surface area (Å²) in [6.07, 6.45) is 4.61. The smallest absolute Gasteiger partial charge is 0.123 e. The number of aliphatic hydroxyl groups is 1. The molecule has 0 aromatic heterocycles. The van der Waals surface area contributed by atoms with Gasteiger partial charge in [-0.2, -0.15) is 0 Å². The monoisotopic (exact) mass is 206 g/mol. The van der Waals surface area contributed by atoms with Gasteiger partial charge in [-0.25, -0.2) is 4.39 Å². The average molecular weight is 206 g/mol. The molecule has 3 heteroatoms. The third kappa shape index (κ3) is 9.93. The van der Waals surface area contributed by atoms with Crippen molar-refractivity contribution < 1.29 is 14.2 Å². The number of unbranched alkanes of at least 4 members (excludes halogenated alkanes) is 3. The first-order chi connectivity index (χ1) is 6.81. The fourth-order valence-corrected chi connectivity index (χ4v) is 1.26. The summed E-state index contributed by atoms with van der Waals surface area (Å²) in [5.74, 6) is 0. The summed E-state index contributed by atoms with van der Waals surface area (Å²) in [5, 5.41) is 8.44.